The molecule has 0 saturated heterocycles. The summed E-state index contributed by atoms with van der Waals surface area (Å²) in [6.45, 7) is 0. The van der Waals surface area contributed by atoms with Gasteiger partial charge in [-0.2, -0.15) is 0 Å². The molecule has 11 rings (SSSR count). The van der Waals surface area contributed by atoms with E-state index >= 15 is 0 Å². The normalized spacial score (nSPS) is 11.6. The lowest BCUT2D eigenvalue weighted by Gasteiger charge is -2.17. The van der Waals surface area contributed by atoms with Crippen LogP contribution in [0.2, 0.25) is 0 Å². The van der Waals surface area contributed by atoms with E-state index in [-0.39, 0.29) is 0 Å². The molecule has 0 spiro atoms. The standard InChI is InChI=1S/C51H32N4S/c1-4-14-33(15-5-1)38-24-27-40-39-20-10-12-22-44(39)55(46(40)32-38)45-28-25-36(37-26-29-48-42(30-37)41-21-11-13-23-47(41)56-48)31-43(45)51-53-49(34-16-6-2-7-17-34)52-50(54-51)35-18-8-3-9-19-35/h1-32H. The summed E-state index contributed by atoms with van der Waals surface area (Å²) in [4.78, 5) is 15.6. The Balaban J connectivity index is 1.21. The minimum absolute atomic E-state index is 0.613. The highest BCUT2D eigenvalue weighted by atomic mass is 32.1. The molecule has 0 amide bonds. The highest BCUT2D eigenvalue weighted by Gasteiger charge is 2.21. The molecule has 11 aromatic rings. The summed E-state index contributed by atoms with van der Waals surface area (Å²) in [5.74, 6) is 1.87. The Morgan fingerprint density at radius 3 is 1.57 bits per heavy atom. The number of aromatic nitrogens is 4. The largest absolute Gasteiger partial charge is 0.308 e. The van der Waals surface area contributed by atoms with E-state index in [4.69, 9.17) is 15.0 Å². The number of hydrogen-bond donors (Lipinski definition) is 0. The van der Waals surface area contributed by atoms with Crippen molar-refractivity contribution in [2.24, 2.45) is 0 Å². The van der Waals surface area contributed by atoms with Gasteiger partial charge in [0, 0.05) is 47.6 Å². The van der Waals surface area contributed by atoms with Crippen LogP contribution in [0.15, 0.2) is 194 Å². The Morgan fingerprint density at radius 1 is 0.321 bits per heavy atom. The van der Waals surface area contributed by atoms with Crippen molar-refractivity contribution < 1.29 is 0 Å². The molecule has 4 nitrogen and oxygen atoms in total. The summed E-state index contributed by atoms with van der Waals surface area (Å²) in [6.07, 6.45) is 0. The first-order valence-corrected chi connectivity index (χ1v) is 19.6. The van der Waals surface area contributed by atoms with Gasteiger partial charge in [0.2, 0.25) is 0 Å². The molecular formula is C51H32N4S. The van der Waals surface area contributed by atoms with Crippen molar-refractivity contribution in [1.29, 1.82) is 0 Å². The van der Waals surface area contributed by atoms with Gasteiger partial charge in [0.1, 0.15) is 0 Å². The molecule has 262 valence electrons. The Labute approximate surface area is 327 Å². The Morgan fingerprint density at radius 2 is 0.839 bits per heavy atom. The van der Waals surface area contributed by atoms with Crippen LogP contribution >= 0.6 is 11.3 Å². The van der Waals surface area contributed by atoms with Crippen LogP contribution in [0.3, 0.4) is 0 Å². The predicted molar refractivity (Wildman–Crippen MR) is 234 cm³/mol. The van der Waals surface area contributed by atoms with Crippen molar-refractivity contribution in [2.45, 2.75) is 0 Å². The first-order valence-electron chi connectivity index (χ1n) is 18.8. The monoisotopic (exact) mass is 732 g/mol. The van der Waals surface area contributed by atoms with Crippen LogP contribution in [-0.4, -0.2) is 19.5 Å². The molecule has 8 aromatic carbocycles. The van der Waals surface area contributed by atoms with Crippen molar-refractivity contribution in [1.82, 2.24) is 19.5 Å². The molecule has 0 aliphatic heterocycles. The van der Waals surface area contributed by atoms with Crippen molar-refractivity contribution in [3.63, 3.8) is 0 Å². The van der Waals surface area contributed by atoms with Gasteiger partial charge in [0.25, 0.3) is 0 Å². The zero-order valence-corrected chi connectivity index (χ0v) is 31.0. The topological polar surface area (TPSA) is 43.6 Å². The summed E-state index contributed by atoms with van der Waals surface area (Å²) >= 11 is 1.84. The zero-order chi connectivity index (χ0) is 37.0. The van der Waals surface area contributed by atoms with E-state index in [1.807, 2.05) is 47.7 Å². The smallest absolute Gasteiger partial charge is 0.166 e. The van der Waals surface area contributed by atoms with Gasteiger partial charge in [-0.3, -0.25) is 0 Å². The van der Waals surface area contributed by atoms with E-state index in [1.54, 1.807) is 0 Å². The van der Waals surface area contributed by atoms with Crippen molar-refractivity contribution in [3.05, 3.63) is 194 Å². The van der Waals surface area contributed by atoms with E-state index in [9.17, 15) is 0 Å². The first-order chi connectivity index (χ1) is 27.7. The fourth-order valence-electron chi connectivity index (χ4n) is 7.96. The number of nitrogens with zero attached hydrogens (tertiary/aromatic N) is 4. The number of rotatable bonds is 6. The Kier molecular flexibility index (Phi) is 7.64. The molecule has 0 radical (unpaired) electrons. The van der Waals surface area contributed by atoms with Crippen molar-refractivity contribution in [2.75, 3.05) is 0 Å². The van der Waals surface area contributed by atoms with Crippen molar-refractivity contribution in [3.8, 4) is 62.1 Å². The molecule has 5 heteroatoms. The molecule has 3 aromatic heterocycles. The lowest BCUT2D eigenvalue weighted by atomic mass is 9.99. The van der Waals surface area contributed by atoms with Crippen LogP contribution in [0.1, 0.15) is 0 Å². The van der Waals surface area contributed by atoms with Crippen LogP contribution in [0, 0.1) is 0 Å². The molecule has 3 heterocycles. The average molecular weight is 733 g/mol. The molecule has 0 N–H and O–H groups in total. The number of thiophene rings is 1. The Hall–Kier alpha value is -7.21. The molecule has 56 heavy (non-hydrogen) atoms. The second-order valence-electron chi connectivity index (χ2n) is 14.0. The first kappa shape index (κ1) is 32.2. The molecule has 0 atom stereocenters. The third-order valence-corrected chi connectivity index (χ3v) is 11.8. The van der Waals surface area contributed by atoms with E-state index in [0.29, 0.717) is 17.5 Å². The number of fused-ring (bicyclic) bond motifs is 6. The number of hydrogen-bond acceptors (Lipinski definition) is 4. The van der Waals surface area contributed by atoms with E-state index in [1.165, 1.54) is 36.5 Å². The minimum Gasteiger partial charge on any atom is -0.308 e. The molecule has 0 aliphatic rings. The summed E-state index contributed by atoms with van der Waals surface area (Å²) in [6, 6.07) is 68.7. The fraction of sp³-hybridized carbons (Fsp3) is 0. The molecule has 0 aliphatic carbocycles. The maximum absolute atomic E-state index is 5.28. The van der Waals surface area contributed by atoms with Gasteiger partial charge in [-0.05, 0) is 64.7 Å². The van der Waals surface area contributed by atoms with Gasteiger partial charge in [0.15, 0.2) is 17.5 Å². The molecular weight excluding hydrogens is 701 g/mol. The van der Waals surface area contributed by atoms with E-state index < -0.39 is 0 Å². The van der Waals surface area contributed by atoms with Crippen LogP contribution in [-0.2, 0) is 0 Å². The second kappa shape index (κ2) is 13.3. The van der Waals surface area contributed by atoms with Crippen molar-refractivity contribution >= 4 is 53.3 Å². The highest BCUT2D eigenvalue weighted by Crippen LogP contribution is 2.41. The number of benzene rings is 8. The maximum Gasteiger partial charge on any atom is 0.166 e. The quantitative estimate of drug-likeness (QED) is 0.171. The van der Waals surface area contributed by atoms with E-state index in [2.05, 4.69) is 162 Å². The summed E-state index contributed by atoms with van der Waals surface area (Å²) in [7, 11) is 0. The van der Waals surface area contributed by atoms with E-state index in [0.717, 1.165) is 50.1 Å². The average Bonchev–Trinajstić information content (AvgIpc) is 3.82. The minimum atomic E-state index is 0.613. The summed E-state index contributed by atoms with van der Waals surface area (Å²) in [5.41, 5.74) is 10.6. The third-order valence-electron chi connectivity index (χ3n) is 10.7. The fourth-order valence-corrected chi connectivity index (χ4v) is 9.05. The van der Waals surface area contributed by atoms with Crippen LogP contribution in [0.25, 0.3) is 104 Å². The SMILES string of the molecule is c1ccc(-c2ccc3c4ccccc4n(-c4ccc(-c5ccc6sc7ccccc7c6c5)cc4-c4nc(-c5ccccc5)nc(-c5ccccc5)n4)c3c2)cc1. The van der Waals surface area contributed by atoms with Gasteiger partial charge >= 0.3 is 0 Å². The van der Waals surface area contributed by atoms with Gasteiger partial charge in [-0.15, -0.1) is 11.3 Å². The van der Waals surface area contributed by atoms with Crippen LogP contribution in [0.5, 0.6) is 0 Å². The molecule has 0 unspecified atom stereocenters. The lowest BCUT2D eigenvalue weighted by molar-refractivity contribution is 1.06. The van der Waals surface area contributed by atoms with Crippen LogP contribution in [0.4, 0.5) is 0 Å². The molecule has 0 fully saturated rings. The van der Waals surface area contributed by atoms with Gasteiger partial charge in [-0.25, -0.2) is 15.0 Å². The highest BCUT2D eigenvalue weighted by molar-refractivity contribution is 7.25. The summed E-state index contributed by atoms with van der Waals surface area (Å²) < 4.78 is 4.97. The van der Waals surface area contributed by atoms with Gasteiger partial charge in [-0.1, -0.05) is 152 Å². The zero-order valence-electron chi connectivity index (χ0n) is 30.2. The number of para-hydroxylation sites is 1. The Bertz CT molecular complexity index is 3180. The predicted octanol–water partition coefficient (Wildman–Crippen LogP) is 13.7. The summed E-state index contributed by atoms with van der Waals surface area (Å²) in [5, 5.41) is 4.93. The molecule has 0 saturated carbocycles. The van der Waals surface area contributed by atoms with Crippen LogP contribution < -0.4 is 0 Å². The third kappa shape index (κ3) is 5.48. The second-order valence-corrected chi connectivity index (χ2v) is 15.1. The van der Waals surface area contributed by atoms with Gasteiger partial charge < -0.3 is 4.57 Å². The van der Waals surface area contributed by atoms with Gasteiger partial charge in [0.05, 0.1) is 16.7 Å². The lowest BCUT2D eigenvalue weighted by Crippen LogP contribution is -2.04. The maximum atomic E-state index is 5.28. The molecule has 0 bridgehead atoms.